The van der Waals surface area contributed by atoms with Crippen LogP contribution in [0.5, 0.6) is 0 Å². The molecule has 3 aromatic rings. The summed E-state index contributed by atoms with van der Waals surface area (Å²) in [5, 5.41) is 8.88. The molecule has 7 heteroatoms. The average Bonchev–Trinajstić information content (AvgIpc) is 3.14. The van der Waals surface area contributed by atoms with Crippen molar-refractivity contribution in [3.63, 3.8) is 0 Å². The number of carbonyl (C=O) groups is 1. The van der Waals surface area contributed by atoms with Gasteiger partial charge in [0.15, 0.2) is 0 Å². The zero-order valence-electron chi connectivity index (χ0n) is 13.9. The Morgan fingerprint density at radius 1 is 1.32 bits per heavy atom. The number of rotatable bonds is 5. The highest BCUT2D eigenvalue weighted by atomic mass is 35.5. The van der Waals surface area contributed by atoms with Crippen LogP contribution in [0.15, 0.2) is 52.2 Å². The minimum atomic E-state index is -0.340. The van der Waals surface area contributed by atoms with Gasteiger partial charge in [0.2, 0.25) is 0 Å². The van der Waals surface area contributed by atoms with Crippen molar-refractivity contribution < 1.29 is 9.21 Å². The first-order valence-corrected chi connectivity index (χ1v) is 8.08. The van der Waals surface area contributed by atoms with Crippen LogP contribution in [-0.2, 0) is 6.54 Å². The molecular weight excluding hydrogens is 340 g/mol. The van der Waals surface area contributed by atoms with Gasteiger partial charge in [-0.05, 0) is 25.5 Å². The number of halogens is 1. The lowest BCUT2D eigenvalue weighted by molar-refractivity contribution is 0.0953. The molecule has 2 aromatic heterocycles. The van der Waals surface area contributed by atoms with Gasteiger partial charge in [0.1, 0.15) is 10.9 Å². The third-order valence-electron chi connectivity index (χ3n) is 3.75. The Balaban J connectivity index is 1.72. The molecule has 0 aliphatic heterocycles. The van der Waals surface area contributed by atoms with E-state index in [1.165, 1.54) is 12.5 Å². The van der Waals surface area contributed by atoms with Gasteiger partial charge < -0.3 is 4.42 Å². The van der Waals surface area contributed by atoms with E-state index in [2.05, 4.69) is 15.6 Å². The van der Waals surface area contributed by atoms with Crippen LogP contribution < -0.4 is 5.43 Å². The Morgan fingerprint density at radius 3 is 2.76 bits per heavy atom. The number of carbonyl (C=O) groups excluding carboxylic acids is 1. The van der Waals surface area contributed by atoms with Crippen LogP contribution in [-0.4, -0.2) is 21.9 Å². The van der Waals surface area contributed by atoms with E-state index in [0.717, 1.165) is 11.3 Å². The van der Waals surface area contributed by atoms with E-state index in [9.17, 15) is 4.79 Å². The van der Waals surface area contributed by atoms with E-state index in [0.29, 0.717) is 28.6 Å². The molecule has 0 aliphatic rings. The maximum Gasteiger partial charge on any atom is 0.274 e. The van der Waals surface area contributed by atoms with Crippen molar-refractivity contribution in [2.24, 2.45) is 5.10 Å². The normalized spacial score (nSPS) is 11.2. The monoisotopic (exact) mass is 356 g/mol. The summed E-state index contributed by atoms with van der Waals surface area (Å²) in [6, 6.07) is 11.5. The first kappa shape index (κ1) is 17.0. The summed E-state index contributed by atoms with van der Waals surface area (Å²) < 4.78 is 6.81. The van der Waals surface area contributed by atoms with E-state index < -0.39 is 0 Å². The van der Waals surface area contributed by atoms with Crippen molar-refractivity contribution in [1.82, 2.24) is 15.2 Å². The van der Waals surface area contributed by atoms with Crippen molar-refractivity contribution in [1.29, 1.82) is 0 Å². The lowest BCUT2D eigenvalue weighted by atomic mass is 10.2. The standard InChI is InChI=1S/C18H17ClN4O2/c1-12-16(10-20-21-18(24)15-8-9-25-13(15)2)17(19)23(22-12)11-14-6-4-3-5-7-14/h3-10H,11H2,1-2H3,(H,21,24)/b20-10-. The van der Waals surface area contributed by atoms with Crippen LogP contribution in [0.3, 0.4) is 0 Å². The van der Waals surface area contributed by atoms with Crippen LogP contribution in [0.25, 0.3) is 0 Å². The molecule has 0 unspecified atom stereocenters. The molecule has 0 bridgehead atoms. The SMILES string of the molecule is Cc1nn(Cc2ccccc2)c(Cl)c1/C=N\NC(=O)c1ccoc1C. The van der Waals surface area contributed by atoms with Crippen LogP contribution in [0.4, 0.5) is 0 Å². The Labute approximate surface area is 150 Å². The highest BCUT2D eigenvalue weighted by Gasteiger charge is 2.13. The summed E-state index contributed by atoms with van der Waals surface area (Å²) in [5.74, 6) is 0.200. The predicted octanol–water partition coefficient (Wildman–Crippen LogP) is 3.56. The van der Waals surface area contributed by atoms with Gasteiger partial charge in [-0.3, -0.25) is 4.79 Å². The molecule has 0 atom stereocenters. The molecular formula is C18H17ClN4O2. The molecule has 1 aromatic carbocycles. The summed E-state index contributed by atoms with van der Waals surface area (Å²) >= 11 is 6.40. The Kier molecular flexibility index (Phi) is 5.00. The first-order chi connectivity index (χ1) is 12.1. The number of hydrogen-bond donors (Lipinski definition) is 1. The van der Waals surface area contributed by atoms with Crippen molar-refractivity contribution in [3.05, 3.63) is 76.0 Å². The third-order valence-corrected chi connectivity index (χ3v) is 4.15. The fourth-order valence-electron chi connectivity index (χ4n) is 2.41. The van der Waals surface area contributed by atoms with E-state index in [1.807, 2.05) is 37.3 Å². The zero-order valence-corrected chi connectivity index (χ0v) is 14.6. The van der Waals surface area contributed by atoms with Gasteiger partial charge in [0.25, 0.3) is 5.91 Å². The largest absolute Gasteiger partial charge is 0.469 e. The minimum Gasteiger partial charge on any atom is -0.469 e. The second-order valence-corrected chi connectivity index (χ2v) is 5.88. The van der Waals surface area contributed by atoms with Gasteiger partial charge in [-0.15, -0.1) is 0 Å². The molecule has 6 nitrogen and oxygen atoms in total. The van der Waals surface area contributed by atoms with Gasteiger partial charge in [0.05, 0.1) is 35.8 Å². The summed E-state index contributed by atoms with van der Waals surface area (Å²) in [6.07, 6.45) is 2.96. The molecule has 0 spiro atoms. The molecule has 128 valence electrons. The number of furan rings is 1. The smallest absolute Gasteiger partial charge is 0.274 e. The summed E-state index contributed by atoms with van der Waals surface area (Å²) in [7, 11) is 0. The highest BCUT2D eigenvalue weighted by Crippen LogP contribution is 2.19. The quantitative estimate of drug-likeness (QED) is 0.561. The van der Waals surface area contributed by atoms with Gasteiger partial charge >= 0.3 is 0 Å². The molecule has 3 rings (SSSR count). The molecule has 1 N–H and O–H groups in total. The topological polar surface area (TPSA) is 72.4 Å². The molecule has 2 heterocycles. The number of hydrogen-bond acceptors (Lipinski definition) is 4. The Morgan fingerprint density at radius 2 is 2.08 bits per heavy atom. The van der Waals surface area contributed by atoms with Crippen LogP contribution >= 0.6 is 11.6 Å². The average molecular weight is 357 g/mol. The van der Waals surface area contributed by atoms with Gasteiger partial charge in [-0.25, -0.2) is 10.1 Å². The fraction of sp³-hybridized carbons (Fsp3) is 0.167. The minimum absolute atomic E-state index is 0.340. The van der Waals surface area contributed by atoms with Gasteiger partial charge in [-0.1, -0.05) is 41.9 Å². The van der Waals surface area contributed by atoms with Crippen molar-refractivity contribution in [2.45, 2.75) is 20.4 Å². The second-order valence-electron chi connectivity index (χ2n) is 5.52. The number of amides is 1. The molecule has 25 heavy (non-hydrogen) atoms. The molecule has 0 fully saturated rings. The lowest BCUT2D eigenvalue weighted by Crippen LogP contribution is -2.17. The lowest BCUT2D eigenvalue weighted by Gasteiger charge is -2.03. The van der Waals surface area contributed by atoms with Crippen LogP contribution in [0.2, 0.25) is 5.15 Å². The predicted molar refractivity (Wildman–Crippen MR) is 96.0 cm³/mol. The van der Waals surface area contributed by atoms with E-state index in [1.54, 1.807) is 17.7 Å². The highest BCUT2D eigenvalue weighted by molar-refractivity contribution is 6.32. The second kappa shape index (κ2) is 7.36. The van der Waals surface area contributed by atoms with Gasteiger partial charge in [0, 0.05) is 0 Å². The number of hydrazone groups is 1. The number of nitrogens with zero attached hydrogens (tertiary/aromatic N) is 3. The van der Waals surface area contributed by atoms with E-state index >= 15 is 0 Å². The summed E-state index contributed by atoms with van der Waals surface area (Å²) in [5.41, 5.74) is 5.41. The summed E-state index contributed by atoms with van der Waals surface area (Å²) in [6.45, 7) is 4.12. The molecule has 0 saturated carbocycles. The maximum atomic E-state index is 12.0. The van der Waals surface area contributed by atoms with Gasteiger partial charge in [-0.2, -0.15) is 10.2 Å². The van der Waals surface area contributed by atoms with E-state index in [4.69, 9.17) is 16.0 Å². The molecule has 1 amide bonds. The number of nitrogens with one attached hydrogen (secondary N) is 1. The van der Waals surface area contributed by atoms with E-state index in [-0.39, 0.29) is 5.91 Å². The Hall–Kier alpha value is -2.86. The fourth-order valence-corrected chi connectivity index (χ4v) is 2.69. The summed E-state index contributed by atoms with van der Waals surface area (Å²) in [4.78, 5) is 12.0. The number of aromatic nitrogens is 2. The Bertz CT molecular complexity index is 913. The van der Waals surface area contributed by atoms with Crippen molar-refractivity contribution in [2.75, 3.05) is 0 Å². The number of aryl methyl sites for hydroxylation is 2. The van der Waals surface area contributed by atoms with Crippen molar-refractivity contribution in [3.8, 4) is 0 Å². The molecule has 0 radical (unpaired) electrons. The molecule has 0 aliphatic carbocycles. The molecule has 0 saturated heterocycles. The zero-order chi connectivity index (χ0) is 17.8. The van der Waals surface area contributed by atoms with Crippen LogP contribution in [0.1, 0.15) is 32.9 Å². The first-order valence-electron chi connectivity index (χ1n) is 7.70. The third kappa shape index (κ3) is 3.80. The maximum absolute atomic E-state index is 12.0. The number of benzene rings is 1. The van der Waals surface area contributed by atoms with Crippen LogP contribution in [0, 0.1) is 13.8 Å². The van der Waals surface area contributed by atoms with Crippen molar-refractivity contribution >= 4 is 23.7 Å².